The molecule has 5 atom stereocenters. The van der Waals surface area contributed by atoms with Crippen LogP contribution in [-0.2, 0) is 4.74 Å². The van der Waals surface area contributed by atoms with Crippen LogP contribution in [0.4, 0.5) is 0 Å². The molecule has 0 aliphatic carbocycles. The molecule has 3 aliphatic heterocycles. The van der Waals surface area contributed by atoms with Gasteiger partial charge in [-0.25, -0.2) is 0 Å². The van der Waals surface area contributed by atoms with Crippen molar-refractivity contribution in [1.82, 2.24) is 10.2 Å². The molecule has 3 rings (SSSR count). The summed E-state index contributed by atoms with van der Waals surface area (Å²) in [5.41, 5.74) is 0. The molecule has 0 aromatic heterocycles. The van der Waals surface area contributed by atoms with E-state index >= 15 is 0 Å². The topological polar surface area (TPSA) is 24.5 Å². The molecule has 3 saturated heterocycles. The van der Waals surface area contributed by atoms with Gasteiger partial charge in [-0.1, -0.05) is 6.92 Å². The Morgan fingerprint density at radius 1 is 1.24 bits per heavy atom. The molecule has 0 spiro atoms. The van der Waals surface area contributed by atoms with E-state index in [2.05, 4.69) is 24.1 Å². The van der Waals surface area contributed by atoms with E-state index in [1.54, 1.807) is 0 Å². The Kier molecular flexibility index (Phi) is 3.42. The number of ether oxygens (including phenoxy) is 1. The number of hydrogen-bond acceptors (Lipinski definition) is 3. The molecule has 0 aromatic carbocycles. The minimum atomic E-state index is 0.554. The van der Waals surface area contributed by atoms with Gasteiger partial charge in [-0.15, -0.1) is 0 Å². The third kappa shape index (κ3) is 2.25. The second-order valence-electron chi connectivity index (χ2n) is 6.04. The Hall–Kier alpha value is -0.120. The van der Waals surface area contributed by atoms with Crippen LogP contribution in [0.2, 0.25) is 0 Å². The van der Waals surface area contributed by atoms with Crippen LogP contribution in [0.1, 0.15) is 46.0 Å². The van der Waals surface area contributed by atoms with Gasteiger partial charge in [0.15, 0.2) is 0 Å². The lowest BCUT2D eigenvalue weighted by Crippen LogP contribution is -2.53. The highest BCUT2D eigenvalue weighted by atomic mass is 16.5. The van der Waals surface area contributed by atoms with Crippen LogP contribution < -0.4 is 5.32 Å². The van der Waals surface area contributed by atoms with Crippen molar-refractivity contribution in [3.05, 3.63) is 0 Å². The summed E-state index contributed by atoms with van der Waals surface area (Å²) >= 11 is 0. The monoisotopic (exact) mass is 238 g/mol. The number of fused-ring (bicyclic) bond motifs is 2. The molecule has 0 aromatic rings. The Morgan fingerprint density at radius 2 is 2.12 bits per heavy atom. The predicted molar refractivity (Wildman–Crippen MR) is 69.2 cm³/mol. The first-order valence-corrected chi connectivity index (χ1v) is 7.42. The van der Waals surface area contributed by atoms with Crippen LogP contribution in [0.15, 0.2) is 0 Å². The number of likely N-dealkylation sites (tertiary alicyclic amines) is 1. The highest BCUT2D eigenvalue weighted by molar-refractivity contribution is 4.98. The van der Waals surface area contributed by atoms with Crippen molar-refractivity contribution in [2.45, 2.75) is 76.3 Å². The van der Waals surface area contributed by atoms with E-state index in [0.717, 1.165) is 24.7 Å². The van der Waals surface area contributed by atoms with Crippen LogP contribution in [-0.4, -0.2) is 48.3 Å². The molecular weight excluding hydrogens is 212 g/mol. The Balaban J connectivity index is 1.58. The van der Waals surface area contributed by atoms with Gasteiger partial charge in [-0.2, -0.15) is 0 Å². The van der Waals surface area contributed by atoms with E-state index < -0.39 is 0 Å². The fourth-order valence-corrected chi connectivity index (χ4v) is 4.12. The summed E-state index contributed by atoms with van der Waals surface area (Å²) in [6, 6.07) is 2.19. The summed E-state index contributed by atoms with van der Waals surface area (Å²) in [6.45, 7) is 6.97. The van der Waals surface area contributed by atoms with Crippen molar-refractivity contribution < 1.29 is 4.74 Å². The molecule has 2 bridgehead atoms. The van der Waals surface area contributed by atoms with Gasteiger partial charge >= 0.3 is 0 Å². The van der Waals surface area contributed by atoms with Gasteiger partial charge in [0.25, 0.3) is 0 Å². The van der Waals surface area contributed by atoms with Crippen molar-refractivity contribution >= 4 is 0 Å². The van der Waals surface area contributed by atoms with Gasteiger partial charge in [0, 0.05) is 24.7 Å². The van der Waals surface area contributed by atoms with Crippen LogP contribution >= 0.6 is 0 Å². The Morgan fingerprint density at radius 3 is 2.71 bits per heavy atom. The molecule has 3 heteroatoms. The van der Waals surface area contributed by atoms with Crippen LogP contribution in [0.5, 0.6) is 0 Å². The van der Waals surface area contributed by atoms with Crippen LogP contribution in [0.25, 0.3) is 0 Å². The SMILES string of the molecule is CCNC1CCN(C2CC3CCC2O3)C(C)C1. The predicted octanol–water partition coefficient (Wildman–Crippen LogP) is 1.77. The molecule has 3 aliphatic rings. The maximum absolute atomic E-state index is 6.00. The molecule has 3 fully saturated rings. The summed E-state index contributed by atoms with van der Waals surface area (Å²) in [4.78, 5) is 2.73. The fraction of sp³-hybridized carbons (Fsp3) is 1.00. The van der Waals surface area contributed by atoms with Gasteiger partial charge in [0.05, 0.1) is 12.2 Å². The number of piperidine rings is 1. The molecular formula is C14H26N2O. The summed E-state index contributed by atoms with van der Waals surface area (Å²) in [5, 5.41) is 3.60. The first kappa shape index (κ1) is 11.9. The minimum absolute atomic E-state index is 0.554. The number of nitrogens with one attached hydrogen (secondary N) is 1. The highest BCUT2D eigenvalue weighted by Gasteiger charge is 2.45. The molecule has 0 radical (unpaired) electrons. The molecule has 3 nitrogen and oxygen atoms in total. The normalized spacial score (nSPS) is 46.6. The standard InChI is InChI=1S/C14H26N2O/c1-3-15-11-6-7-16(10(2)8-11)13-9-12-4-5-14(13)17-12/h10-15H,3-9H2,1-2H3. The molecule has 0 saturated carbocycles. The summed E-state index contributed by atoms with van der Waals surface area (Å²) in [5.74, 6) is 0. The number of rotatable bonds is 3. The van der Waals surface area contributed by atoms with Crippen LogP contribution in [0.3, 0.4) is 0 Å². The van der Waals surface area contributed by atoms with Gasteiger partial charge in [0.2, 0.25) is 0 Å². The third-order valence-corrected chi connectivity index (χ3v) is 4.92. The van der Waals surface area contributed by atoms with E-state index in [-0.39, 0.29) is 0 Å². The average molecular weight is 238 g/mol. The van der Waals surface area contributed by atoms with Gasteiger partial charge < -0.3 is 10.1 Å². The Bertz CT molecular complexity index is 271. The lowest BCUT2D eigenvalue weighted by Gasteiger charge is -2.43. The molecule has 0 amide bonds. The van der Waals surface area contributed by atoms with Crippen LogP contribution in [0, 0.1) is 0 Å². The fourth-order valence-electron chi connectivity index (χ4n) is 4.12. The van der Waals surface area contributed by atoms with Gasteiger partial charge in [0.1, 0.15) is 0 Å². The highest BCUT2D eigenvalue weighted by Crippen LogP contribution is 2.39. The van der Waals surface area contributed by atoms with Crippen molar-refractivity contribution in [2.75, 3.05) is 13.1 Å². The molecule has 17 heavy (non-hydrogen) atoms. The zero-order chi connectivity index (χ0) is 11.8. The second-order valence-corrected chi connectivity index (χ2v) is 6.04. The molecule has 5 unspecified atom stereocenters. The lowest BCUT2D eigenvalue weighted by atomic mass is 9.89. The van der Waals surface area contributed by atoms with Crippen molar-refractivity contribution in [3.8, 4) is 0 Å². The van der Waals surface area contributed by atoms with Gasteiger partial charge in [-0.3, -0.25) is 4.90 Å². The van der Waals surface area contributed by atoms with E-state index in [0.29, 0.717) is 12.2 Å². The Labute approximate surface area is 105 Å². The number of hydrogen-bond donors (Lipinski definition) is 1. The summed E-state index contributed by atoms with van der Waals surface area (Å²) in [7, 11) is 0. The van der Waals surface area contributed by atoms with Crippen molar-refractivity contribution in [2.24, 2.45) is 0 Å². The number of nitrogens with zero attached hydrogens (tertiary/aromatic N) is 1. The quantitative estimate of drug-likeness (QED) is 0.811. The maximum atomic E-state index is 6.00. The molecule has 98 valence electrons. The first-order chi connectivity index (χ1) is 8.28. The van der Waals surface area contributed by atoms with E-state index in [1.807, 2.05) is 0 Å². The summed E-state index contributed by atoms with van der Waals surface area (Å²) < 4.78 is 6.00. The second kappa shape index (κ2) is 4.87. The largest absolute Gasteiger partial charge is 0.373 e. The van der Waals surface area contributed by atoms with Gasteiger partial charge in [-0.05, 0) is 45.6 Å². The lowest BCUT2D eigenvalue weighted by molar-refractivity contribution is 0.0348. The smallest absolute Gasteiger partial charge is 0.0736 e. The van der Waals surface area contributed by atoms with Crippen molar-refractivity contribution in [1.29, 1.82) is 0 Å². The first-order valence-electron chi connectivity index (χ1n) is 7.42. The third-order valence-electron chi connectivity index (χ3n) is 4.92. The van der Waals surface area contributed by atoms with E-state index in [9.17, 15) is 0 Å². The zero-order valence-corrected chi connectivity index (χ0v) is 11.2. The average Bonchev–Trinajstić information content (AvgIpc) is 2.91. The van der Waals surface area contributed by atoms with Crippen molar-refractivity contribution in [3.63, 3.8) is 0 Å². The zero-order valence-electron chi connectivity index (χ0n) is 11.2. The van der Waals surface area contributed by atoms with E-state index in [4.69, 9.17) is 4.74 Å². The van der Waals surface area contributed by atoms with E-state index in [1.165, 1.54) is 38.6 Å². The molecule has 1 N–H and O–H groups in total. The minimum Gasteiger partial charge on any atom is -0.373 e. The summed E-state index contributed by atoms with van der Waals surface area (Å²) in [6.07, 6.45) is 7.66. The maximum Gasteiger partial charge on any atom is 0.0736 e. The molecule has 3 heterocycles.